The summed E-state index contributed by atoms with van der Waals surface area (Å²) in [6.07, 6.45) is 14.2. The minimum atomic E-state index is 0.786. The molecule has 3 rings (SSSR count). The standard InChI is InChI=1S/C18H28O/c1-13-4-8-15(9-5-13)18-16-10-6-14(3-2-12-19)7-11-17(16)18/h12,14-18H,1-11H2. The fourth-order valence-corrected chi connectivity index (χ4v) is 5.01. The van der Waals surface area contributed by atoms with E-state index >= 15 is 0 Å². The van der Waals surface area contributed by atoms with E-state index in [4.69, 9.17) is 0 Å². The van der Waals surface area contributed by atoms with Crippen LogP contribution in [-0.4, -0.2) is 6.29 Å². The molecule has 1 heteroatoms. The number of aldehydes is 1. The van der Waals surface area contributed by atoms with Crippen molar-refractivity contribution in [2.45, 2.75) is 64.2 Å². The van der Waals surface area contributed by atoms with E-state index in [9.17, 15) is 4.79 Å². The van der Waals surface area contributed by atoms with E-state index in [-0.39, 0.29) is 0 Å². The van der Waals surface area contributed by atoms with Gasteiger partial charge in [-0.25, -0.2) is 0 Å². The van der Waals surface area contributed by atoms with Crippen LogP contribution in [0, 0.1) is 29.6 Å². The molecule has 2 atom stereocenters. The molecule has 0 N–H and O–H groups in total. The number of allylic oxidation sites excluding steroid dienone is 1. The number of rotatable bonds is 4. The summed E-state index contributed by atoms with van der Waals surface area (Å²) in [4.78, 5) is 10.5. The van der Waals surface area contributed by atoms with Crippen LogP contribution in [0.1, 0.15) is 64.2 Å². The highest BCUT2D eigenvalue weighted by Gasteiger charge is 2.53. The summed E-state index contributed by atoms with van der Waals surface area (Å²) in [5.74, 6) is 5.05. The molecule has 0 aromatic heterocycles. The van der Waals surface area contributed by atoms with Crippen LogP contribution >= 0.6 is 0 Å². The van der Waals surface area contributed by atoms with Gasteiger partial charge in [0.25, 0.3) is 0 Å². The van der Waals surface area contributed by atoms with E-state index in [1.165, 1.54) is 56.9 Å². The molecule has 3 aliphatic carbocycles. The lowest BCUT2D eigenvalue weighted by Crippen LogP contribution is -2.12. The van der Waals surface area contributed by atoms with Crippen molar-refractivity contribution in [2.75, 3.05) is 0 Å². The van der Waals surface area contributed by atoms with E-state index in [1.54, 1.807) is 0 Å². The summed E-state index contributed by atoms with van der Waals surface area (Å²) in [6, 6.07) is 0. The number of hydrogen-bond donors (Lipinski definition) is 0. The van der Waals surface area contributed by atoms with Crippen LogP contribution in [0.25, 0.3) is 0 Å². The Kier molecular flexibility index (Phi) is 4.10. The van der Waals surface area contributed by atoms with Crippen LogP contribution in [0.4, 0.5) is 0 Å². The first-order valence-electron chi connectivity index (χ1n) is 8.40. The molecule has 106 valence electrons. The monoisotopic (exact) mass is 260 g/mol. The zero-order valence-corrected chi connectivity index (χ0v) is 12.2. The molecule has 0 saturated heterocycles. The second-order valence-electron chi connectivity index (χ2n) is 7.26. The first kappa shape index (κ1) is 13.4. The Morgan fingerprint density at radius 2 is 1.63 bits per heavy atom. The molecule has 3 aliphatic rings. The Morgan fingerprint density at radius 3 is 2.21 bits per heavy atom. The van der Waals surface area contributed by atoms with Crippen LogP contribution in [0.2, 0.25) is 0 Å². The highest BCUT2D eigenvalue weighted by Crippen LogP contribution is 2.61. The van der Waals surface area contributed by atoms with Gasteiger partial charge < -0.3 is 4.79 Å². The molecule has 0 aliphatic heterocycles. The molecule has 3 fully saturated rings. The van der Waals surface area contributed by atoms with E-state index in [0.717, 1.165) is 48.7 Å². The summed E-state index contributed by atoms with van der Waals surface area (Å²) in [6.45, 7) is 4.14. The SMILES string of the molecule is C=C1CCC(C2C3CCC(CCC=O)CCC32)CC1. The van der Waals surface area contributed by atoms with Gasteiger partial charge in [0.15, 0.2) is 0 Å². The van der Waals surface area contributed by atoms with Gasteiger partial charge in [-0.1, -0.05) is 25.0 Å². The molecule has 3 saturated carbocycles. The maximum atomic E-state index is 10.5. The Morgan fingerprint density at radius 1 is 1.00 bits per heavy atom. The molecule has 0 radical (unpaired) electrons. The number of carbonyl (C=O) groups is 1. The maximum Gasteiger partial charge on any atom is 0.120 e. The molecular formula is C18H28O. The smallest absolute Gasteiger partial charge is 0.120 e. The van der Waals surface area contributed by atoms with E-state index in [1.807, 2.05) is 0 Å². The number of fused-ring (bicyclic) bond motifs is 1. The zero-order valence-electron chi connectivity index (χ0n) is 12.2. The highest BCUT2D eigenvalue weighted by atomic mass is 16.1. The van der Waals surface area contributed by atoms with Gasteiger partial charge in [-0.15, -0.1) is 0 Å². The Balaban J connectivity index is 1.47. The predicted octanol–water partition coefficient (Wildman–Crippen LogP) is 4.76. The summed E-state index contributed by atoms with van der Waals surface area (Å²) in [5.41, 5.74) is 1.49. The summed E-state index contributed by atoms with van der Waals surface area (Å²) in [5, 5.41) is 0. The third-order valence-electron chi connectivity index (χ3n) is 6.19. The van der Waals surface area contributed by atoms with Crippen LogP contribution in [0.3, 0.4) is 0 Å². The minimum Gasteiger partial charge on any atom is -0.303 e. The van der Waals surface area contributed by atoms with Gasteiger partial charge in [0.2, 0.25) is 0 Å². The molecule has 1 nitrogen and oxygen atoms in total. The van der Waals surface area contributed by atoms with Crippen molar-refractivity contribution in [3.05, 3.63) is 12.2 Å². The van der Waals surface area contributed by atoms with Gasteiger partial charge in [-0.2, -0.15) is 0 Å². The lowest BCUT2D eigenvalue weighted by atomic mass is 9.81. The topological polar surface area (TPSA) is 17.1 Å². The van der Waals surface area contributed by atoms with Gasteiger partial charge in [0.1, 0.15) is 6.29 Å². The second-order valence-corrected chi connectivity index (χ2v) is 7.26. The van der Waals surface area contributed by atoms with Crippen molar-refractivity contribution in [1.82, 2.24) is 0 Å². The summed E-state index contributed by atoms with van der Waals surface area (Å²) >= 11 is 0. The van der Waals surface area contributed by atoms with Crippen molar-refractivity contribution in [3.8, 4) is 0 Å². The fraction of sp³-hybridized carbons (Fsp3) is 0.833. The zero-order chi connectivity index (χ0) is 13.2. The van der Waals surface area contributed by atoms with Crippen LogP contribution < -0.4 is 0 Å². The lowest BCUT2D eigenvalue weighted by molar-refractivity contribution is -0.108. The van der Waals surface area contributed by atoms with Crippen LogP contribution in [0.15, 0.2) is 12.2 Å². The third-order valence-corrected chi connectivity index (χ3v) is 6.19. The average Bonchev–Trinajstić information content (AvgIpc) is 3.14. The van der Waals surface area contributed by atoms with E-state index < -0.39 is 0 Å². The molecular weight excluding hydrogens is 232 g/mol. The average molecular weight is 260 g/mol. The van der Waals surface area contributed by atoms with Gasteiger partial charge in [-0.05, 0) is 74.5 Å². The lowest BCUT2D eigenvalue weighted by Gasteiger charge is -2.25. The van der Waals surface area contributed by atoms with Gasteiger partial charge >= 0.3 is 0 Å². The second kappa shape index (κ2) is 5.81. The number of hydrogen-bond acceptors (Lipinski definition) is 1. The molecule has 19 heavy (non-hydrogen) atoms. The predicted molar refractivity (Wildman–Crippen MR) is 78.8 cm³/mol. The molecule has 0 bridgehead atoms. The normalized spacial score (nSPS) is 39.5. The molecule has 2 unspecified atom stereocenters. The van der Waals surface area contributed by atoms with Crippen molar-refractivity contribution in [1.29, 1.82) is 0 Å². The van der Waals surface area contributed by atoms with Gasteiger partial charge in [0.05, 0.1) is 0 Å². The molecule has 0 aromatic carbocycles. The fourth-order valence-electron chi connectivity index (χ4n) is 5.01. The van der Waals surface area contributed by atoms with Crippen molar-refractivity contribution < 1.29 is 4.79 Å². The maximum absolute atomic E-state index is 10.5. The number of carbonyl (C=O) groups excluding carboxylic acids is 1. The molecule has 0 aromatic rings. The van der Waals surface area contributed by atoms with Crippen molar-refractivity contribution in [3.63, 3.8) is 0 Å². The summed E-state index contributed by atoms with van der Waals surface area (Å²) < 4.78 is 0. The summed E-state index contributed by atoms with van der Waals surface area (Å²) in [7, 11) is 0. The Bertz CT molecular complexity index is 322. The molecule has 0 amide bonds. The quantitative estimate of drug-likeness (QED) is 0.526. The van der Waals surface area contributed by atoms with Crippen LogP contribution in [0.5, 0.6) is 0 Å². The Hall–Kier alpha value is -0.590. The molecule has 0 heterocycles. The van der Waals surface area contributed by atoms with Crippen molar-refractivity contribution in [2.24, 2.45) is 29.6 Å². The van der Waals surface area contributed by atoms with Gasteiger partial charge in [-0.3, -0.25) is 0 Å². The highest BCUT2D eigenvalue weighted by molar-refractivity contribution is 5.49. The third kappa shape index (κ3) is 2.95. The largest absolute Gasteiger partial charge is 0.303 e. The first-order chi connectivity index (χ1) is 9.29. The van der Waals surface area contributed by atoms with Crippen molar-refractivity contribution >= 4 is 6.29 Å². The van der Waals surface area contributed by atoms with Gasteiger partial charge in [0, 0.05) is 6.42 Å². The molecule has 0 spiro atoms. The minimum absolute atomic E-state index is 0.786. The van der Waals surface area contributed by atoms with E-state index in [0.29, 0.717) is 0 Å². The first-order valence-corrected chi connectivity index (χ1v) is 8.40. The Labute approximate surface area is 117 Å². The van der Waals surface area contributed by atoms with Crippen LogP contribution in [-0.2, 0) is 4.79 Å². The van der Waals surface area contributed by atoms with E-state index in [2.05, 4.69) is 6.58 Å².